The predicted octanol–water partition coefficient (Wildman–Crippen LogP) is 4.88. The van der Waals surface area contributed by atoms with Crippen LogP contribution in [-0.4, -0.2) is 12.6 Å². The van der Waals surface area contributed by atoms with Crippen LogP contribution in [0.25, 0.3) is 0 Å². The van der Waals surface area contributed by atoms with Crippen LogP contribution in [0.1, 0.15) is 44.4 Å². The number of hydrogen-bond acceptors (Lipinski definition) is 2. The third-order valence-electron chi connectivity index (χ3n) is 3.19. The molecule has 2 rings (SSSR count). The molecule has 0 spiro atoms. The summed E-state index contributed by atoms with van der Waals surface area (Å²) in [7, 11) is 3.29. The summed E-state index contributed by atoms with van der Waals surface area (Å²) < 4.78 is 5.67. The molecule has 0 bridgehead atoms. The summed E-state index contributed by atoms with van der Waals surface area (Å²) in [6, 6.07) is 18.8. The molecule has 0 heterocycles. The molecule has 0 unspecified atom stereocenters. The van der Waals surface area contributed by atoms with Gasteiger partial charge in [0.15, 0.2) is 0 Å². The number of carbonyl (C=O) groups is 1. The fraction of sp³-hybridized carbons (Fsp3) is 0.364. The number of carbonyl (C=O) groups excluding carboxylic acids is 1. The molecule has 0 aliphatic rings. The van der Waals surface area contributed by atoms with Crippen molar-refractivity contribution in [2.75, 3.05) is 6.61 Å². The summed E-state index contributed by atoms with van der Waals surface area (Å²) in [6.07, 6.45) is 0.864. The Morgan fingerprint density at radius 1 is 0.903 bits per heavy atom. The number of rotatable bonds is 7. The van der Waals surface area contributed by atoms with Crippen molar-refractivity contribution in [2.24, 2.45) is 0 Å². The van der Waals surface area contributed by atoms with Crippen LogP contribution in [0.15, 0.2) is 48.5 Å². The molecule has 0 atom stereocenters. The van der Waals surface area contributed by atoms with Crippen molar-refractivity contribution in [2.45, 2.75) is 47.3 Å². The third-order valence-corrected chi connectivity index (χ3v) is 3.19. The van der Waals surface area contributed by atoms with Crippen LogP contribution >= 0.6 is 0 Å². The first-order valence-electron chi connectivity index (χ1n) is 9.20. The molecule has 31 heavy (non-hydrogen) atoms. The zero-order valence-corrected chi connectivity index (χ0v) is 33.5. The van der Waals surface area contributed by atoms with E-state index in [0.29, 0.717) is 19.8 Å². The van der Waals surface area contributed by atoms with E-state index in [4.69, 9.17) is 4.74 Å². The molecule has 9 heteroatoms. The molecule has 0 saturated heterocycles. The van der Waals surface area contributed by atoms with Gasteiger partial charge < -0.3 is 15.4 Å². The van der Waals surface area contributed by atoms with Crippen molar-refractivity contribution in [3.8, 4) is 0 Å². The van der Waals surface area contributed by atoms with Crippen LogP contribution in [0.4, 0.5) is 4.79 Å². The van der Waals surface area contributed by atoms with Gasteiger partial charge in [-0.05, 0) is 17.5 Å². The minimum atomic E-state index is -0.287. The van der Waals surface area contributed by atoms with Crippen LogP contribution in [-0.2, 0) is 188 Å². The standard InChI is InChI=1S/C18H20N2O2.2C2H6.5Y/c1-19-18(21)20-13-16-7-9-17(10-8-16)14-22-12-11-15-5-3-2-4-6-15;2*1-2;;;;;/h2-5,7-10H,1,11-14H2,(H2,19,20,21);2*1-2H3;;;;;/q-2;;;;;;;. The maximum absolute atomic E-state index is 11.0. The van der Waals surface area contributed by atoms with Crippen LogP contribution in [0.5, 0.6) is 0 Å². The van der Waals surface area contributed by atoms with Crippen molar-refractivity contribution in [3.05, 3.63) is 78.3 Å². The average molecular weight is 801 g/mol. The predicted molar refractivity (Wildman–Crippen MR) is 109 cm³/mol. The molecule has 2 amide bonds. The first-order valence-corrected chi connectivity index (χ1v) is 9.20. The molecule has 0 aliphatic carbocycles. The van der Waals surface area contributed by atoms with Gasteiger partial charge in [0.25, 0.3) is 6.03 Å². The number of amides is 2. The van der Waals surface area contributed by atoms with Gasteiger partial charge in [-0.15, -0.1) is 0 Å². The summed E-state index contributed by atoms with van der Waals surface area (Å²) in [5.74, 6) is 0. The Balaban J connectivity index is -0.000000164. The van der Waals surface area contributed by atoms with Crippen molar-refractivity contribution in [1.29, 1.82) is 0 Å². The van der Waals surface area contributed by atoms with Gasteiger partial charge in [-0.1, -0.05) is 52.0 Å². The Hall–Kier alpha value is 3.19. The number of ether oxygens (including phenoxy) is 1. The van der Waals surface area contributed by atoms with E-state index in [9.17, 15) is 4.79 Å². The summed E-state index contributed by atoms with van der Waals surface area (Å²) in [5, 5.41) is 4.96. The van der Waals surface area contributed by atoms with Gasteiger partial charge in [0.05, 0.1) is 6.61 Å². The summed E-state index contributed by atoms with van der Waals surface area (Å²) in [6.45, 7) is 9.74. The number of urea groups is 1. The fourth-order valence-corrected chi connectivity index (χ4v) is 1.96. The second-order valence-electron chi connectivity index (χ2n) is 4.87. The van der Waals surface area contributed by atoms with Gasteiger partial charge in [-0.3, -0.25) is 11.8 Å². The van der Waals surface area contributed by atoms with Gasteiger partial charge in [-0.25, -0.2) is 0 Å². The number of hydrogen-bond donors (Lipinski definition) is 2. The van der Waals surface area contributed by atoms with E-state index in [-0.39, 0.29) is 170 Å². The zero-order valence-electron chi connectivity index (χ0n) is 19.4. The Kier molecular flexibility index (Phi) is 54.0. The Morgan fingerprint density at radius 2 is 1.45 bits per heavy atom. The maximum atomic E-state index is 11.0. The van der Waals surface area contributed by atoms with E-state index in [0.717, 1.165) is 23.1 Å². The minimum Gasteiger partial charge on any atom is -0.490 e. The molecular formula is C22H32N2O2Y5-2. The summed E-state index contributed by atoms with van der Waals surface area (Å²) >= 11 is 0. The van der Waals surface area contributed by atoms with E-state index in [1.165, 1.54) is 0 Å². The van der Waals surface area contributed by atoms with Crippen LogP contribution in [0.2, 0.25) is 0 Å². The van der Waals surface area contributed by atoms with Gasteiger partial charge in [0.2, 0.25) is 0 Å². The van der Waals surface area contributed by atoms with Crippen molar-refractivity contribution in [3.63, 3.8) is 0 Å². The maximum Gasteiger partial charge on any atom is 0.285 e. The van der Waals surface area contributed by atoms with E-state index >= 15 is 0 Å². The molecule has 0 fully saturated rings. The van der Waals surface area contributed by atoms with Crippen molar-refractivity contribution >= 4 is 6.03 Å². The second-order valence-corrected chi connectivity index (χ2v) is 4.87. The Labute approximate surface area is 315 Å². The van der Waals surface area contributed by atoms with Crippen LogP contribution in [0, 0.1) is 13.1 Å². The van der Waals surface area contributed by atoms with E-state index in [1.807, 2.05) is 76.2 Å². The van der Waals surface area contributed by atoms with E-state index < -0.39 is 0 Å². The SMILES string of the molecule is CC.CC.[CH2-]NC(=O)NCc1ccc(COCCc2[c-]cccc2)cc1.[Y].[Y].[Y].[Y].[Y]. The third kappa shape index (κ3) is 26.1. The molecule has 2 aromatic rings. The molecule has 0 saturated carbocycles. The quantitative estimate of drug-likeness (QED) is 0.311. The molecule has 5 radical (unpaired) electrons. The second kappa shape index (κ2) is 35.4. The van der Waals surface area contributed by atoms with Crippen molar-refractivity contribution < 1.29 is 173 Å². The topological polar surface area (TPSA) is 50.4 Å². The monoisotopic (exact) mass is 801 g/mol. The Bertz CT molecular complexity index is 588. The van der Waals surface area contributed by atoms with Gasteiger partial charge in [-0.2, -0.15) is 35.9 Å². The van der Waals surface area contributed by atoms with Gasteiger partial charge in [0.1, 0.15) is 0 Å². The molecule has 2 N–H and O–H groups in total. The van der Waals surface area contributed by atoms with Crippen LogP contribution in [0.3, 0.4) is 0 Å². The molecule has 4 nitrogen and oxygen atoms in total. The fourth-order valence-electron chi connectivity index (χ4n) is 1.96. The first kappa shape index (κ1) is 47.4. The normalized spacial score (nSPS) is 7.65. The largest absolute Gasteiger partial charge is 0.490 e. The van der Waals surface area contributed by atoms with E-state index in [1.54, 1.807) is 0 Å². The molecule has 159 valence electrons. The van der Waals surface area contributed by atoms with Gasteiger partial charge in [0, 0.05) is 177 Å². The Morgan fingerprint density at radius 3 is 1.94 bits per heavy atom. The minimum absolute atomic E-state index is 0. The number of benzene rings is 2. The van der Waals surface area contributed by atoms with Crippen molar-refractivity contribution in [1.82, 2.24) is 10.6 Å². The summed E-state index contributed by atoms with van der Waals surface area (Å²) in [4.78, 5) is 11.0. The molecular weight excluding hydrogens is 769 g/mol. The number of nitrogens with one attached hydrogen (secondary N) is 2. The van der Waals surface area contributed by atoms with Crippen LogP contribution < -0.4 is 10.6 Å². The van der Waals surface area contributed by atoms with Gasteiger partial charge >= 0.3 is 0 Å². The van der Waals surface area contributed by atoms with E-state index in [2.05, 4.69) is 23.7 Å². The molecule has 0 aliphatic heterocycles. The average Bonchev–Trinajstić information content (AvgIpc) is 2.74. The summed E-state index contributed by atoms with van der Waals surface area (Å²) in [5.41, 5.74) is 3.31. The first-order chi connectivity index (χ1) is 12.8. The smallest absolute Gasteiger partial charge is 0.285 e. The zero-order chi connectivity index (χ0) is 19.6. The molecule has 2 aromatic carbocycles. The molecule has 0 aromatic heterocycles.